The van der Waals surface area contributed by atoms with Crippen LogP contribution in [0.5, 0.6) is 0 Å². The van der Waals surface area contributed by atoms with Gasteiger partial charge in [0.1, 0.15) is 0 Å². The molecule has 0 aromatic rings. The fraction of sp³-hybridized carbons (Fsp3) is 0.882. The molecule has 6 heteroatoms. The van der Waals surface area contributed by atoms with Crippen LogP contribution in [0.1, 0.15) is 45.4 Å². The van der Waals surface area contributed by atoms with E-state index in [9.17, 15) is 4.79 Å². The minimum atomic E-state index is -0.137. The lowest BCUT2D eigenvalue weighted by atomic mass is 9.96. The first-order chi connectivity index (χ1) is 11.1. The number of unbranched alkanes of at least 4 members (excludes halogenated alkanes) is 1. The van der Waals surface area contributed by atoms with E-state index in [1.165, 1.54) is 12.8 Å². The minimum Gasteiger partial charge on any atom is -0.370 e. The van der Waals surface area contributed by atoms with Gasteiger partial charge in [0, 0.05) is 25.6 Å². The lowest BCUT2D eigenvalue weighted by molar-refractivity contribution is -0.123. The molecule has 2 aliphatic rings. The molecule has 6 nitrogen and oxygen atoms in total. The Morgan fingerprint density at radius 2 is 1.70 bits per heavy atom. The first-order valence-corrected chi connectivity index (χ1v) is 9.13. The van der Waals surface area contributed by atoms with Crippen LogP contribution in [0.2, 0.25) is 0 Å². The van der Waals surface area contributed by atoms with E-state index in [0.29, 0.717) is 0 Å². The van der Waals surface area contributed by atoms with Crippen LogP contribution in [0, 0.1) is 11.8 Å². The molecule has 0 saturated carbocycles. The number of nitrogens with two attached hydrogens (primary N) is 2. The van der Waals surface area contributed by atoms with Gasteiger partial charge in [-0.3, -0.25) is 9.79 Å². The topological polar surface area (TPSA) is 87.9 Å². The molecule has 0 radical (unpaired) electrons. The summed E-state index contributed by atoms with van der Waals surface area (Å²) in [5, 5.41) is 0. The molecule has 0 aromatic carbocycles. The second-order valence-electron chi connectivity index (χ2n) is 7.13. The van der Waals surface area contributed by atoms with Crippen molar-refractivity contribution in [2.75, 3.05) is 39.3 Å². The Morgan fingerprint density at radius 1 is 1.04 bits per heavy atom. The molecule has 0 aliphatic carbocycles. The maximum absolute atomic E-state index is 11.1. The fourth-order valence-electron chi connectivity index (χ4n) is 3.42. The number of hydrogen-bond acceptors (Lipinski definition) is 3. The molecule has 2 saturated heterocycles. The number of piperidine rings is 2. The summed E-state index contributed by atoms with van der Waals surface area (Å²) >= 11 is 0. The Bertz CT molecular complexity index is 396. The van der Waals surface area contributed by atoms with Crippen LogP contribution in [0.25, 0.3) is 0 Å². The van der Waals surface area contributed by atoms with E-state index < -0.39 is 0 Å². The van der Waals surface area contributed by atoms with E-state index in [-0.39, 0.29) is 11.8 Å². The lowest BCUT2D eigenvalue weighted by Crippen LogP contribution is -2.42. The summed E-state index contributed by atoms with van der Waals surface area (Å²) in [6.45, 7) is 8.28. The van der Waals surface area contributed by atoms with Crippen LogP contribution < -0.4 is 11.5 Å². The lowest BCUT2D eigenvalue weighted by Gasteiger charge is -2.31. The van der Waals surface area contributed by atoms with Crippen molar-refractivity contribution in [3.8, 4) is 0 Å². The van der Waals surface area contributed by atoms with E-state index in [2.05, 4.69) is 21.7 Å². The number of primary amides is 1. The summed E-state index contributed by atoms with van der Waals surface area (Å²) in [5.74, 6) is 1.49. The highest BCUT2D eigenvalue weighted by Crippen LogP contribution is 2.17. The molecule has 4 N–H and O–H groups in total. The number of aliphatic imine (C=N–C) groups is 1. The van der Waals surface area contributed by atoms with Gasteiger partial charge in [-0.2, -0.15) is 0 Å². The van der Waals surface area contributed by atoms with Crippen LogP contribution in [0.4, 0.5) is 0 Å². The maximum atomic E-state index is 11.1. The van der Waals surface area contributed by atoms with Crippen molar-refractivity contribution in [2.45, 2.75) is 45.4 Å². The van der Waals surface area contributed by atoms with Crippen molar-refractivity contribution >= 4 is 11.9 Å². The highest BCUT2D eigenvalue weighted by atomic mass is 16.1. The average Bonchev–Trinajstić information content (AvgIpc) is 2.55. The molecule has 0 bridgehead atoms. The summed E-state index contributed by atoms with van der Waals surface area (Å²) in [5.41, 5.74) is 11.4. The second kappa shape index (κ2) is 9.11. The molecule has 1 amide bonds. The van der Waals surface area contributed by atoms with Crippen LogP contribution in [0.3, 0.4) is 0 Å². The van der Waals surface area contributed by atoms with Gasteiger partial charge in [0.2, 0.25) is 5.91 Å². The third-order valence-corrected chi connectivity index (χ3v) is 5.25. The van der Waals surface area contributed by atoms with E-state index in [1.54, 1.807) is 0 Å². The molecule has 132 valence electrons. The van der Waals surface area contributed by atoms with Gasteiger partial charge in [0.15, 0.2) is 5.96 Å². The molecule has 2 heterocycles. The molecular formula is C17H33N5O. The normalized spacial score (nSPS) is 22.5. The smallest absolute Gasteiger partial charge is 0.220 e. The van der Waals surface area contributed by atoms with Crippen LogP contribution >= 0.6 is 0 Å². The molecule has 0 unspecified atom stereocenters. The summed E-state index contributed by atoms with van der Waals surface area (Å²) in [7, 11) is 0. The summed E-state index contributed by atoms with van der Waals surface area (Å²) < 4.78 is 0. The summed E-state index contributed by atoms with van der Waals surface area (Å²) in [4.78, 5) is 20.3. The van der Waals surface area contributed by atoms with E-state index in [4.69, 9.17) is 11.5 Å². The summed E-state index contributed by atoms with van der Waals surface area (Å²) in [6, 6.07) is 0. The monoisotopic (exact) mass is 323 g/mol. The molecule has 2 aliphatic heterocycles. The van der Waals surface area contributed by atoms with E-state index in [1.807, 2.05) is 0 Å². The van der Waals surface area contributed by atoms with E-state index >= 15 is 0 Å². The van der Waals surface area contributed by atoms with Crippen LogP contribution in [0.15, 0.2) is 4.99 Å². The maximum Gasteiger partial charge on any atom is 0.220 e. The zero-order chi connectivity index (χ0) is 16.7. The van der Waals surface area contributed by atoms with Crippen molar-refractivity contribution in [1.82, 2.24) is 9.80 Å². The van der Waals surface area contributed by atoms with Gasteiger partial charge in [-0.15, -0.1) is 0 Å². The zero-order valence-electron chi connectivity index (χ0n) is 14.5. The van der Waals surface area contributed by atoms with Crippen molar-refractivity contribution in [1.29, 1.82) is 0 Å². The Kier molecular flexibility index (Phi) is 7.15. The largest absolute Gasteiger partial charge is 0.370 e. The van der Waals surface area contributed by atoms with E-state index in [0.717, 1.165) is 76.8 Å². The highest BCUT2D eigenvalue weighted by Gasteiger charge is 2.22. The molecule has 0 spiro atoms. The zero-order valence-corrected chi connectivity index (χ0v) is 14.5. The predicted octanol–water partition coefficient (Wildman–Crippen LogP) is 1.01. The van der Waals surface area contributed by atoms with Crippen LogP contribution in [-0.2, 0) is 4.79 Å². The van der Waals surface area contributed by atoms with Gasteiger partial charge in [-0.25, -0.2) is 0 Å². The number of amides is 1. The second-order valence-corrected chi connectivity index (χ2v) is 7.13. The third kappa shape index (κ3) is 6.01. The average molecular weight is 323 g/mol. The number of hydrogen-bond donors (Lipinski definition) is 2. The Hall–Kier alpha value is -1.30. The number of likely N-dealkylation sites (tertiary alicyclic amines) is 2. The number of rotatable bonds is 6. The fourth-order valence-corrected chi connectivity index (χ4v) is 3.42. The number of carbonyl (C=O) groups excluding carboxylic acids is 1. The van der Waals surface area contributed by atoms with Gasteiger partial charge in [0.25, 0.3) is 0 Å². The molecule has 2 fully saturated rings. The van der Waals surface area contributed by atoms with Crippen LogP contribution in [-0.4, -0.2) is 60.9 Å². The van der Waals surface area contributed by atoms with Crippen molar-refractivity contribution in [2.24, 2.45) is 28.3 Å². The van der Waals surface area contributed by atoms with Gasteiger partial charge in [-0.05, 0) is 64.1 Å². The molecule has 2 rings (SSSR count). The highest BCUT2D eigenvalue weighted by molar-refractivity contribution is 5.78. The summed E-state index contributed by atoms with van der Waals surface area (Å²) in [6.07, 6.45) is 6.46. The van der Waals surface area contributed by atoms with Gasteiger partial charge in [-0.1, -0.05) is 6.92 Å². The number of nitrogens with zero attached hydrogens (tertiary/aromatic N) is 3. The van der Waals surface area contributed by atoms with Crippen molar-refractivity contribution in [3.05, 3.63) is 0 Å². The number of carbonyl (C=O) groups is 1. The molecule has 0 atom stereocenters. The predicted molar refractivity (Wildman–Crippen MR) is 94.1 cm³/mol. The quantitative estimate of drug-likeness (QED) is 0.434. The molecule has 23 heavy (non-hydrogen) atoms. The SMILES string of the molecule is CC1CCN(C(N)=NCCCCN2CCC(C(N)=O)CC2)CC1. The Labute approximate surface area is 140 Å². The first-order valence-electron chi connectivity index (χ1n) is 9.13. The Balaban J connectivity index is 1.55. The first kappa shape index (κ1) is 18.0. The molecule has 0 aromatic heterocycles. The van der Waals surface area contributed by atoms with Crippen molar-refractivity contribution in [3.63, 3.8) is 0 Å². The van der Waals surface area contributed by atoms with Gasteiger partial charge < -0.3 is 21.3 Å². The van der Waals surface area contributed by atoms with Crippen molar-refractivity contribution < 1.29 is 4.79 Å². The van der Waals surface area contributed by atoms with Gasteiger partial charge >= 0.3 is 0 Å². The standard InChI is InChI=1S/C17H33N5O/c1-14-4-12-22(13-5-14)17(19)20-8-2-3-9-21-10-6-15(7-11-21)16(18)23/h14-15H,2-13H2,1H3,(H2,18,23)(H2,19,20). The molecular weight excluding hydrogens is 290 g/mol. The third-order valence-electron chi connectivity index (χ3n) is 5.25. The Morgan fingerprint density at radius 3 is 2.30 bits per heavy atom. The minimum absolute atomic E-state index is 0.0860. The number of guanidine groups is 1. The van der Waals surface area contributed by atoms with Gasteiger partial charge in [0.05, 0.1) is 0 Å².